The van der Waals surface area contributed by atoms with E-state index in [0.717, 1.165) is 36.3 Å². The van der Waals surface area contributed by atoms with Crippen LogP contribution in [0.1, 0.15) is 43.4 Å². The number of carbonyl (C=O) groups is 2. The number of benzene rings is 2. The van der Waals surface area contributed by atoms with Crippen molar-refractivity contribution in [3.05, 3.63) is 101 Å². The number of esters is 1. The van der Waals surface area contributed by atoms with Crippen molar-refractivity contribution in [2.75, 3.05) is 19.8 Å². The maximum absolute atomic E-state index is 13.3. The van der Waals surface area contributed by atoms with Gasteiger partial charge in [0, 0.05) is 18.8 Å². The summed E-state index contributed by atoms with van der Waals surface area (Å²) >= 11 is 1.44. The lowest BCUT2D eigenvalue weighted by Crippen LogP contribution is -2.38. The summed E-state index contributed by atoms with van der Waals surface area (Å²) < 4.78 is 17.2. The Balaban J connectivity index is 1.41. The number of rotatable bonds is 11. The van der Waals surface area contributed by atoms with Crippen molar-refractivity contribution >= 4 is 28.8 Å². The van der Waals surface area contributed by atoms with Gasteiger partial charge in [0.05, 0.1) is 29.8 Å². The van der Waals surface area contributed by atoms with Crippen molar-refractivity contribution < 1.29 is 23.8 Å². The first-order valence-electron chi connectivity index (χ1n) is 13.4. The molecule has 0 bridgehead atoms. The number of thioether (sulfide) groups is 1. The summed E-state index contributed by atoms with van der Waals surface area (Å²) in [4.78, 5) is 33.0. The summed E-state index contributed by atoms with van der Waals surface area (Å²) in [6, 6.07) is 17.1. The van der Waals surface area contributed by atoms with Gasteiger partial charge < -0.3 is 24.4 Å². The van der Waals surface area contributed by atoms with E-state index >= 15 is 0 Å². The zero-order chi connectivity index (χ0) is 27.9. The Kier molecular flexibility index (Phi) is 9.03. The fourth-order valence-corrected chi connectivity index (χ4v) is 5.90. The Morgan fingerprint density at radius 1 is 1.23 bits per heavy atom. The van der Waals surface area contributed by atoms with E-state index in [9.17, 15) is 9.59 Å². The molecule has 1 fully saturated rings. The van der Waals surface area contributed by atoms with Crippen LogP contribution < -0.4 is 10.1 Å². The summed E-state index contributed by atoms with van der Waals surface area (Å²) in [5.41, 5.74) is 3.64. The van der Waals surface area contributed by atoms with Crippen LogP contribution in [0.5, 0.6) is 5.75 Å². The van der Waals surface area contributed by atoms with Crippen LogP contribution in [0, 0.1) is 0 Å². The smallest absolute Gasteiger partial charge is 0.338 e. The van der Waals surface area contributed by atoms with E-state index in [1.54, 1.807) is 0 Å². The number of nitrogens with one attached hydrogen (secondary N) is 1. The van der Waals surface area contributed by atoms with E-state index in [4.69, 9.17) is 19.2 Å². The second kappa shape index (κ2) is 13.0. The van der Waals surface area contributed by atoms with E-state index in [1.165, 1.54) is 17.8 Å². The Labute approximate surface area is 238 Å². The summed E-state index contributed by atoms with van der Waals surface area (Å²) in [5, 5.41) is 5.64. The largest absolute Gasteiger partial charge is 0.489 e. The van der Waals surface area contributed by atoms with Crippen LogP contribution in [0.15, 0.2) is 94.6 Å². The molecule has 40 heavy (non-hydrogen) atoms. The van der Waals surface area contributed by atoms with Crippen molar-refractivity contribution in [3.8, 4) is 5.75 Å². The van der Waals surface area contributed by atoms with Crippen LogP contribution >= 0.6 is 11.8 Å². The molecule has 0 aliphatic carbocycles. The van der Waals surface area contributed by atoms with Gasteiger partial charge in [0.25, 0.3) is 0 Å². The maximum Gasteiger partial charge on any atom is 0.338 e. The first-order chi connectivity index (χ1) is 19.5. The van der Waals surface area contributed by atoms with Crippen LogP contribution in [-0.2, 0) is 25.7 Å². The molecular weight excluding hydrogens is 526 g/mol. The molecule has 208 valence electrons. The van der Waals surface area contributed by atoms with E-state index in [-0.39, 0.29) is 25.0 Å². The molecule has 9 heteroatoms. The molecule has 1 amide bonds. The number of carbonyl (C=O) groups excluding carboxylic acids is 2. The number of aliphatic imine (C=N–C) groups is 1. The molecule has 0 saturated carbocycles. The van der Waals surface area contributed by atoms with Crippen molar-refractivity contribution in [2.45, 2.75) is 44.9 Å². The molecule has 0 radical (unpaired) electrons. The van der Waals surface area contributed by atoms with Gasteiger partial charge in [0.2, 0.25) is 5.91 Å². The van der Waals surface area contributed by atoms with Crippen molar-refractivity contribution in [3.63, 3.8) is 0 Å². The van der Waals surface area contributed by atoms with Gasteiger partial charge in [-0.2, -0.15) is 0 Å². The van der Waals surface area contributed by atoms with E-state index < -0.39 is 12.0 Å². The molecule has 3 aliphatic heterocycles. The predicted molar refractivity (Wildman–Crippen MR) is 155 cm³/mol. The highest BCUT2D eigenvalue weighted by molar-refractivity contribution is 8.16. The Morgan fingerprint density at radius 2 is 2.08 bits per heavy atom. The second-order valence-corrected chi connectivity index (χ2v) is 10.6. The van der Waals surface area contributed by atoms with Gasteiger partial charge in [-0.3, -0.25) is 4.79 Å². The topological polar surface area (TPSA) is 89.5 Å². The molecule has 0 aromatic heterocycles. The Hall–Kier alpha value is -3.82. The summed E-state index contributed by atoms with van der Waals surface area (Å²) in [6.07, 6.45) is 3.71. The Morgan fingerprint density at radius 3 is 2.85 bits per heavy atom. The minimum Gasteiger partial charge on any atom is -0.489 e. The van der Waals surface area contributed by atoms with Crippen LogP contribution in [-0.4, -0.2) is 47.8 Å². The van der Waals surface area contributed by atoms with Gasteiger partial charge in [0.1, 0.15) is 19.0 Å². The first kappa shape index (κ1) is 27.7. The lowest BCUT2D eigenvalue weighted by molar-refractivity contribution is -0.138. The third-order valence-corrected chi connectivity index (χ3v) is 7.76. The quantitative estimate of drug-likeness (QED) is 0.297. The molecule has 2 unspecified atom stereocenters. The highest BCUT2D eigenvalue weighted by Crippen LogP contribution is 2.45. The van der Waals surface area contributed by atoms with Gasteiger partial charge in [-0.05, 0) is 48.4 Å². The molecule has 3 aliphatic rings. The van der Waals surface area contributed by atoms with E-state index in [0.29, 0.717) is 35.3 Å². The predicted octanol–water partition coefficient (Wildman–Crippen LogP) is 5.26. The molecule has 2 aromatic rings. The number of allylic oxidation sites excluding steroid dienone is 1. The van der Waals surface area contributed by atoms with Crippen LogP contribution in [0.25, 0.3) is 0 Å². The number of fused-ring (bicyclic) bond motifs is 1. The molecule has 2 aromatic carbocycles. The fourth-order valence-electron chi connectivity index (χ4n) is 4.93. The number of ether oxygens (including phenoxy) is 3. The minimum absolute atomic E-state index is 0.0613. The van der Waals surface area contributed by atoms with Crippen LogP contribution in [0.3, 0.4) is 0 Å². The normalized spacial score (nSPS) is 20.0. The number of hydrogen-bond donors (Lipinski definition) is 1. The summed E-state index contributed by atoms with van der Waals surface area (Å²) in [6.45, 7) is 7.20. The highest BCUT2D eigenvalue weighted by atomic mass is 32.2. The summed E-state index contributed by atoms with van der Waals surface area (Å²) in [5.74, 6) is 0.0952. The van der Waals surface area contributed by atoms with Gasteiger partial charge >= 0.3 is 5.97 Å². The SMILES string of the molecule is C=CCOC(=O)C1=C(C)N=C2SC=C(CC(=O)NCC3CCCO3)N2C1c1cccc(OCc2ccccc2)c1. The molecule has 2 atom stereocenters. The molecule has 1 N–H and O–H groups in total. The summed E-state index contributed by atoms with van der Waals surface area (Å²) in [7, 11) is 0. The van der Waals surface area contributed by atoms with Gasteiger partial charge in [-0.1, -0.05) is 66.9 Å². The molecule has 8 nitrogen and oxygen atoms in total. The number of amidine groups is 1. The van der Waals surface area contributed by atoms with Crippen LogP contribution in [0.4, 0.5) is 0 Å². The highest BCUT2D eigenvalue weighted by Gasteiger charge is 2.41. The Bertz CT molecular complexity index is 1350. The minimum atomic E-state index is -0.544. The molecule has 0 spiro atoms. The van der Waals surface area contributed by atoms with Crippen molar-refractivity contribution in [1.82, 2.24) is 10.2 Å². The monoisotopic (exact) mass is 559 g/mol. The van der Waals surface area contributed by atoms with Gasteiger partial charge in [0.15, 0.2) is 5.17 Å². The average molecular weight is 560 g/mol. The lowest BCUT2D eigenvalue weighted by Gasteiger charge is -2.36. The molecule has 5 rings (SSSR count). The molecular formula is C31H33N3O5S. The lowest BCUT2D eigenvalue weighted by atomic mass is 9.93. The zero-order valence-electron chi connectivity index (χ0n) is 22.5. The number of nitrogens with zero attached hydrogens (tertiary/aromatic N) is 2. The first-order valence-corrected chi connectivity index (χ1v) is 14.3. The van der Waals surface area contributed by atoms with Gasteiger partial charge in [-0.15, -0.1) is 0 Å². The zero-order valence-corrected chi connectivity index (χ0v) is 23.3. The standard InChI is InChI=1S/C31H33N3O5S/c1-3-14-38-30(36)28-21(2)33-31-34(24(20-40-31)17-27(35)32-18-26-13-8-15-37-26)29(28)23-11-7-12-25(16-23)39-19-22-9-5-4-6-10-22/h3-7,9-12,16,20,26,29H,1,8,13-15,17-19H2,2H3,(H,32,35). The van der Waals surface area contributed by atoms with Gasteiger partial charge in [-0.25, -0.2) is 9.79 Å². The maximum atomic E-state index is 13.3. The second-order valence-electron chi connectivity index (χ2n) is 9.74. The van der Waals surface area contributed by atoms with Crippen LogP contribution in [0.2, 0.25) is 0 Å². The van der Waals surface area contributed by atoms with E-state index in [1.807, 2.05) is 71.8 Å². The average Bonchev–Trinajstić information content (AvgIpc) is 3.64. The fraction of sp³-hybridized carbons (Fsp3) is 0.323. The number of amides is 1. The van der Waals surface area contributed by atoms with E-state index in [2.05, 4.69) is 11.9 Å². The van der Waals surface area contributed by atoms with Crippen molar-refractivity contribution in [1.29, 1.82) is 0 Å². The molecule has 3 heterocycles. The third-order valence-electron chi connectivity index (χ3n) is 6.87. The number of hydrogen-bond acceptors (Lipinski definition) is 8. The third kappa shape index (κ3) is 6.48. The van der Waals surface area contributed by atoms with Crippen molar-refractivity contribution in [2.24, 2.45) is 4.99 Å². The molecule has 1 saturated heterocycles.